The van der Waals surface area contributed by atoms with Gasteiger partial charge in [-0.1, -0.05) is 139 Å². The van der Waals surface area contributed by atoms with E-state index in [0.29, 0.717) is 0 Å². The first kappa shape index (κ1) is 31.9. The number of hydrogen-bond acceptors (Lipinski definition) is 5. The van der Waals surface area contributed by atoms with Crippen LogP contribution in [0.25, 0.3) is 76.0 Å². The normalized spacial score (nSPS) is 11.9. The molecule has 0 N–H and O–H groups in total. The summed E-state index contributed by atoms with van der Waals surface area (Å²) in [5.41, 5.74) is 12.3. The van der Waals surface area contributed by atoms with Crippen molar-refractivity contribution in [1.82, 2.24) is 9.97 Å². The lowest BCUT2D eigenvalue weighted by atomic mass is 9.94. The Hall–Kier alpha value is -6.53. The van der Waals surface area contributed by atoms with Crippen molar-refractivity contribution < 1.29 is 0 Å². The molecule has 1 aliphatic rings. The maximum absolute atomic E-state index is 5.44. The fraction of sp³-hybridized carbons (Fsp3) is 0. The molecule has 0 aliphatic carbocycles. The van der Waals surface area contributed by atoms with Crippen LogP contribution in [0.5, 0.6) is 0 Å². The predicted octanol–water partition coefficient (Wildman–Crippen LogP) is 14.6. The third kappa shape index (κ3) is 5.43. The third-order valence-corrected chi connectivity index (χ3v) is 12.8. The largest absolute Gasteiger partial charge is 0.310 e. The molecule has 3 nitrogen and oxygen atoms in total. The molecule has 1 aliphatic heterocycles. The van der Waals surface area contributed by atoms with Gasteiger partial charge in [0.25, 0.3) is 0 Å². The molecule has 0 fully saturated rings. The molecule has 0 saturated carbocycles. The van der Waals surface area contributed by atoms with E-state index in [2.05, 4.69) is 193 Å². The smallest absolute Gasteiger partial charge is 0.161 e. The van der Waals surface area contributed by atoms with Gasteiger partial charge in [0.05, 0.1) is 15.9 Å². The fourth-order valence-electron chi connectivity index (χ4n) is 7.94. The quantitative estimate of drug-likeness (QED) is 0.170. The summed E-state index contributed by atoms with van der Waals surface area (Å²) in [5.74, 6) is 0.743. The number of aromatic nitrogens is 2. The average Bonchev–Trinajstić information content (AvgIpc) is 3.63. The molecule has 3 heterocycles. The third-order valence-electron chi connectivity index (χ3n) is 10.5. The molecule has 8 aromatic carbocycles. The van der Waals surface area contributed by atoms with Crippen molar-refractivity contribution in [3.05, 3.63) is 188 Å². The molecule has 258 valence electrons. The molecule has 0 amide bonds. The van der Waals surface area contributed by atoms with Gasteiger partial charge in [0.1, 0.15) is 0 Å². The lowest BCUT2D eigenvalue weighted by molar-refractivity contribution is 1.24. The molecule has 0 spiro atoms. The van der Waals surface area contributed by atoms with Gasteiger partial charge in [0.15, 0.2) is 5.82 Å². The molecule has 5 heteroatoms. The van der Waals surface area contributed by atoms with Crippen LogP contribution in [0.15, 0.2) is 198 Å². The first-order valence-corrected chi connectivity index (χ1v) is 20.0. The molecule has 2 aromatic heterocycles. The number of hydrogen-bond donors (Lipinski definition) is 0. The van der Waals surface area contributed by atoms with Crippen molar-refractivity contribution in [2.75, 3.05) is 4.90 Å². The van der Waals surface area contributed by atoms with E-state index in [9.17, 15) is 0 Å². The summed E-state index contributed by atoms with van der Waals surface area (Å²) in [5, 5.41) is 3.57. The molecule has 0 radical (unpaired) electrons. The van der Waals surface area contributed by atoms with Gasteiger partial charge in [-0.25, -0.2) is 9.97 Å². The predicted molar refractivity (Wildman–Crippen MR) is 233 cm³/mol. The maximum atomic E-state index is 5.44. The Balaban J connectivity index is 1.07. The van der Waals surface area contributed by atoms with Gasteiger partial charge >= 0.3 is 0 Å². The van der Waals surface area contributed by atoms with Crippen LogP contribution in [0.2, 0.25) is 0 Å². The summed E-state index contributed by atoms with van der Waals surface area (Å²) in [6, 6.07) is 67.1. The van der Waals surface area contributed by atoms with Gasteiger partial charge in [-0.15, -0.1) is 11.3 Å². The molecule has 0 bridgehead atoms. The van der Waals surface area contributed by atoms with Gasteiger partial charge in [0.2, 0.25) is 0 Å². The highest BCUT2D eigenvalue weighted by Gasteiger charge is 2.24. The number of thiophene rings is 1. The summed E-state index contributed by atoms with van der Waals surface area (Å²) in [6.45, 7) is 0. The Bertz CT molecular complexity index is 3030. The Morgan fingerprint density at radius 1 is 0.418 bits per heavy atom. The lowest BCUT2D eigenvalue weighted by Gasteiger charge is -2.28. The van der Waals surface area contributed by atoms with Crippen LogP contribution in [0.4, 0.5) is 17.1 Å². The number of benzene rings is 8. The monoisotopic (exact) mass is 737 g/mol. The summed E-state index contributed by atoms with van der Waals surface area (Å²) >= 11 is 3.61. The van der Waals surface area contributed by atoms with E-state index in [-0.39, 0.29) is 0 Å². The Morgan fingerprint density at radius 3 is 1.87 bits per heavy atom. The van der Waals surface area contributed by atoms with Gasteiger partial charge in [-0.2, -0.15) is 0 Å². The second-order valence-electron chi connectivity index (χ2n) is 13.7. The van der Waals surface area contributed by atoms with Gasteiger partial charge < -0.3 is 4.90 Å². The number of fused-ring (bicyclic) bond motifs is 5. The minimum atomic E-state index is 0.743. The number of nitrogens with zero attached hydrogens (tertiary/aromatic N) is 3. The van der Waals surface area contributed by atoms with Crippen molar-refractivity contribution in [2.24, 2.45) is 0 Å². The molecule has 0 atom stereocenters. The Labute approximate surface area is 327 Å². The molecular weight excluding hydrogens is 707 g/mol. The van der Waals surface area contributed by atoms with Crippen LogP contribution in [0, 0.1) is 0 Å². The minimum Gasteiger partial charge on any atom is -0.310 e. The van der Waals surface area contributed by atoms with Crippen LogP contribution >= 0.6 is 23.1 Å². The van der Waals surface area contributed by atoms with Crippen molar-refractivity contribution in [3.63, 3.8) is 0 Å². The second kappa shape index (κ2) is 13.1. The van der Waals surface area contributed by atoms with E-state index >= 15 is 0 Å². The zero-order chi connectivity index (χ0) is 36.3. The molecule has 0 unspecified atom stereocenters. The van der Waals surface area contributed by atoms with E-state index in [1.54, 1.807) is 11.3 Å². The van der Waals surface area contributed by atoms with Gasteiger partial charge in [0, 0.05) is 53.5 Å². The Morgan fingerprint density at radius 2 is 1.07 bits per heavy atom. The maximum Gasteiger partial charge on any atom is 0.161 e. The SMILES string of the molecule is c1ccc(-c2cccc(-c3nc(-c4ccc5c6c(cccc46)-c4ccc(N(c6ccccc6)c6ccccc6)cc4S5)nc4c3sc3ccccc34)c2)cc1. The molecule has 0 saturated heterocycles. The van der Waals surface area contributed by atoms with Crippen LogP contribution in [0.1, 0.15) is 0 Å². The minimum absolute atomic E-state index is 0.743. The zero-order valence-electron chi connectivity index (χ0n) is 29.6. The van der Waals surface area contributed by atoms with Crippen molar-refractivity contribution in [1.29, 1.82) is 0 Å². The highest BCUT2D eigenvalue weighted by atomic mass is 32.2. The lowest BCUT2D eigenvalue weighted by Crippen LogP contribution is -2.10. The van der Waals surface area contributed by atoms with Crippen molar-refractivity contribution in [3.8, 4) is 44.9 Å². The van der Waals surface area contributed by atoms with E-state index < -0.39 is 0 Å². The average molecular weight is 738 g/mol. The highest BCUT2D eigenvalue weighted by molar-refractivity contribution is 7.99. The first-order valence-electron chi connectivity index (χ1n) is 18.4. The molecular formula is C50H31N3S2. The highest BCUT2D eigenvalue weighted by Crippen LogP contribution is 2.51. The van der Waals surface area contributed by atoms with E-state index in [1.165, 1.54) is 42.1 Å². The van der Waals surface area contributed by atoms with E-state index in [0.717, 1.165) is 60.7 Å². The number of anilines is 3. The Kier molecular flexibility index (Phi) is 7.61. The van der Waals surface area contributed by atoms with E-state index in [4.69, 9.17) is 9.97 Å². The molecule has 10 aromatic rings. The number of para-hydroxylation sites is 2. The summed E-state index contributed by atoms with van der Waals surface area (Å²) in [6.07, 6.45) is 0. The summed E-state index contributed by atoms with van der Waals surface area (Å²) in [4.78, 5) is 15.6. The fourth-order valence-corrected chi connectivity index (χ4v) is 10.3. The molecule has 11 rings (SSSR count). The van der Waals surface area contributed by atoms with Crippen molar-refractivity contribution in [2.45, 2.75) is 9.79 Å². The zero-order valence-corrected chi connectivity index (χ0v) is 31.2. The topological polar surface area (TPSA) is 29.0 Å². The van der Waals surface area contributed by atoms with E-state index in [1.807, 2.05) is 11.8 Å². The van der Waals surface area contributed by atoms with Crippen LogP contribution in [-0.2, 0) is 0 Å². The van der Waals surface area contributed by atoms with Gasteiger partial charge in [-0.3, -0.25) is 0 Å². The van der Waals surface area contributed by atoms with Crippen LogP contribution in [-0.4, -0.2) is 9.97 Å². The second-order valence-corrected chi connectivity index (χ2v) is 15.9. The van der Waals surface area contributed by atoms with Crippen LogP contribution in [0.3, 0.4) is 0 Å². The first-order chi connectivity index (χ1) is 27.3. The standard InChI is InChI=1S/C50H31N3S2/c1-4-14-32(15-5-1)33-16-12-17-34(30-33)47-49-48(42-22-10-11-25-43(42)55-49)52-50(51-47)41-28-29-44-46-39(23-13-24-40(41)46)38-27-26-37(31-45(38)54-44)53(35-18-6-2-7-19-35)36-20-8-3-9-21-36/h1-31H. The van der Waals surface area contributed by atoms with Gasteiger partial charge in [-0.05, 0) is 88.3 Å². The van der Waals surface area contributed by atoms with Crippen molar-refractivity contribution >= 4 is 71.2 Å². The summed E-state index contributed by atoms with van der Waals surface area (Å²) < 4.78 is 2.32. The van der Waals surface area contributed by atoms with Crippen LogP contribution < -0.4 is 4.90 Å². The summed E-state index contributed by atoms with van der Waals surface area (Å²) in [7, 11) is 0. The molecule has 55 heavy (non-hydrogen) atoms. The number of rotatable bonds is 6.